The molecule has 2 fully saturated rings. The van der Waals surface area contributed by atoms with Crippen molar-refractivity contribution in [2.24, 2.45) is 5.92 Å². The quantitative estimate of drug-likeness (QED) is 0.918. The largest absolute Gasteiger partial charge is 0.337 e. The Hall–Kier alpha value is -2.09. The Morgan fingerprint density at radius 1 is 1.32 bits per heavy atom. The summed E-state index contributed by atoms with van der Waals surface area (Å²) in [6.07, 6.45) is 7.04. The molecule has 1 aliphatic carbocycles. The van der Waals surface area contributed by atoms with E-state index in [1.165, 1.54) is 19.3 Å². The van der Waals surface area contributed by atoms with Gasteiger partial charge in [0.25, 0.3) is 5.56 Å². The molecule has 1 saturated carbocycles. The Morgan fingerprint density at radius 2 is 2.04 bits per heavy atom. The van der Waals surface area contributed by atoms with Gasteiger partial charge < -0.3 is 9.88 Å². The maximum atomic E-state index is 12.9. The molecule has 2 aliphatic rings. The number of H-pyrrole nitrogens is 1. The number of aromatic nitrogens is 1. The van der Waals surface area contributed by atoms with Crippen molar-refractivity contribution in [2.45, 2.75) is 77.8 Å². The third kappa shape index (κ3) is 3.22. The second kappa shape index (κ2) is 7.03. The first-order valence-corrected chi connectivity index (χ1v) is 9.37. The van der Waals surface area contributed by atoms with Crippen LogP contribution in [0.3, 0.4) is 0 Å². The monoisotopic (exact) mass is 341 g/mol. The lowest BCUT2D eigenvalue weighted by Crippen LogP contribution is -2.42. The van der Waals surface area contributed by atoms with Crippen LogP contribution in [0.2, 0.25) is 0 Å². The van der Waals surface area contributed by atoms with Crippen LogP contribution in [0, 0.1) is 31.1 Å². The molecule has 1 amide bonds. The second-order valence-electron chi connectivity index (χ2n) is 7.67. The number of likely N-dealkylation sites (tertiary alicyclic amines) is 1. The number of amides is 1. The highest BCUT2D eigenvalue weighted by Gasteiger charge is 2.42. The fourth-order valence-corrected chi connectivity index (χ4v) is 4.92. The Bertz CT molecular complexity index is 774. The Kier molecular flexibility index (Phi) is 4.99. The number of nitriles is 1. The number of aromatic amines is 1. The molecule has 1 aromatic rings. The number of carbonyl (C=O) groups is 1. The predicted molar refractivity (Wildman–Crippen MR) is 96.2 cm³/mol. The number of hydrogen-bond donors (Lipinski definition) is 1. The van der Waals surface area contributed by atoms with E-state index in [9.17, 15) is 14.9 Å². The fourth-order valence-electron chi connectivity index (χ4n) is 4.92. The average Bonchev–Trinajstić information content (AvgIpc) is 2.90. The highest BCUT2D eigenvalue weighted by molar-refractivity contribution is 5.77. The van der Waals surface area contributed by atoms with E-state index >= 15 is 0 Å². The van der Waals surface area contributed by atoms with E-state index in [4.69, 9.17) is 0 Å². The molecule has 0 bridgehead atoms. The van der Waals surface area contributed by atoms with Crippen LogP contribution in [0.4, 0.5) is 0 Å². The van der Waals surface area contributed by atoms with Crippen molar-refractivity contribution >= 4 is 5.91 Å². The number of pyridine rings is 1. The van der Waals surface area contributed by atoms with E-state index in [1.54, 1.807) is 6.92 Å². The number of carbonyl (C=O) groups excluding carboxylic acids is 1. The van der Waals surface area contributed by atoms with Crippen LogP contribution in [-0.4, -0.2) is 27.9 Å². The van der Waals surface area contributed by atoms with E-state index < -0.39 is 0 Å². The van der Waals surface area contributed by atoms with E-state index in [0.717, 1.165) is 24.1 Å². The van der Waals surface area contributed by atoms with Gasteiger partial charge in [-0.05, 0) is 63.5 Å². The van der Waals surface area contributed by atoms with Crippen LogP contribution in [0.1, 0.15) is 67.8 Å². The highest BCUT2D eigenvalue weighted by Crippen LogP contribution is 2.39. The van der Waals surface area contributed by atoms with E-state index in [1.807, 2.05) is 13.0 Å². The van der Waals surface area contributed by atoms with Crippen molar-refractivity contribution in [3.8, 4) is 6.07 Å². The Balaban J connectivity index is 1.75. The molecule has 0 aromatic carbocycles. The first kappa shape index (κ1) is 17.7. The van der Waals surface area contributed by atoms with Crippen LogP contribution in [0.15, 0.2) is 4.79 Å². The molecule has 3 atom stereocenters. The summed E-state index contributed by atoms with van der Waals surface area (Å²) in [5.74, 6) is 0.889. The van der Waals surface area contributed by atoms with E-state index in [-0.39, 0.29) is 17.0 Å². The van der Waals surface area contributed by atoms with Crippen LogP contribution in [-0.2, 0) is 11.2 Å². The summed E-state index contributed by atoms with van der Waals surface area (Å²) in [6.45, 7) is 5.81. The minimum Gasteiger partial charge on any atom is -0.337 e. The predicted octanol–water partition coefficient (Wildman–Crippen LogP) is 2.98. The zero-order valence-corrected chi connectivity index (χ0v) is 15.4. The van der Waals surface area contributed by atoms with Crippen LogP contribution in [0.25, 0.3) is 0 Å². The molecule has 5 heteroatoms. The Labute approximate surface area is 149 Å². The molecular weight excluding hydrogens is 314 g/mol. The van der Waals surface area contributed by atoms with E-state index in [2.05, 4.69) is 16.8 Å². The number of hydrogen-bond acceptors (Lipinski definition) is 3. The second-order valence-corrected chi connectivity index (χ2v) is 7.67. The molecule has 134 valence electrons. The van der Waals surface area contributed by atoms with Gasteiger partial charge in [-0.25, -0.2) is 0 Å². The first-order valence-electron chi connectivity index (χ1n) is 9.37. The minimum atomic E-state index is -0.342. The van der Waals surface area contributed by atoms with Crippen molar-refractivity contribution in [3.05, 3.63) is 32.7 Å². The first-order chi connectivity index (χ1) is 11.9. The average molecular weight is 341 g/mol. The van der Waals surface area contributed by atoms with Crippen molar-refractivity contribution < 1.29 is 4.79 Å². The molecular formula is C20H27N3O2. The van der Waals surface area contributed by atoms with Crippen molar-refractivity contribution in [3.63, 3.8) is 0 Å². The van der Waals surface area contributed by atoms with Gasteiger partial charge in [0.2, 0.25) is 5.91 Å². The molecule has 25 heavy (non-hydrogen) atoms. The van der Waals surface area contributed by atoms with Crippen molar-refractivity contribution in [2.75, 3.05) is 0 Å². The van der Waals surface area contributed by atoms with Gasteiger partial charge in [-0.2, -0.15) is 5.26 Å². The number of nitrogens with zero attached hydrogens (tertiary/aromatic N) is 2. The Morgan fingerprint density at radius 3 is 2.76 bits per heavy atom. The molecule has 0 unspecified atom stereocenters. The number of fused-ring (bicyclic) bond motifs is 1. The topological polar surface area (TPSA) is 77.0 Å². The summed E-state index contributed by atoms with van der Waals surface area (Å²) in [4.78, 5) is 29.6. The smallest absolute Gasteiger partial charge is 0.266 e. The lowest BCUT2D eigenvalue weighted by Gasteiger charge is -2.33. The molecule has 0 spiro atoms. The highest BCUT2D eigenvalue weighted by atomic mass is 16.2. The molecule has 1 saturated heterocycles. The summed E-state index contributed by atoms with van der Waals surface area (Å²) in [6, 6.07) is 2.73. The van der Waals surface area contributed by atoms with Crippen LogP contribution >= 0.6 is 0 Å². The molecule has 1 aliphatic heterocycles. The minimum absolute atomic E-state index is 0.162. The molecule has 1 N–H and O–H groups in total. The number of nitrogens with one attached hydrogen (secondary N) is 1. The van der Waals surface area contributed by atoms with Gasteiger partial charge in [-0.15, -0.1) is 0 Å². The fraction of sp³-hybridized carbons (Fsp3) is 0.650. The maximum absolute atomic E-state index is 12.9. The number of rotatable bonds is 3. The van der Waals surface area contributed by atoms with Crippen molar-refractivity contribution in [1.82, 2.24) is 9.88 Å². The van der Waals surface area contributed by atoms with Gasteiger partial charge in [-0.1, -0.05) is 12.8 Å². The molecule has 3 rings (SSSR count). The zero-order valence-electron chi connectivity index (χ0n) is 15.4. The molecule has 0 radical (unpaired) electrons. The van der Waals surface area contributed by atoms with Gasteiger partial charge >= 0.3 is 0 Å². The summed E-state index contributed by atoms with van der Waals surface area (Å²) < 4.78 is 0. The maximum Gasteiger partial charge on any atom is 0.266 e. The van der Waals surface area contributed by atoms with Gasteiger partial charge in [0.1, 0.15) is 11.6 Å². The summed E-state index contributed by atoms with van der Waals surface area (Å²) in [5, 5.41) is 9.18. The molecule has 1 aromatic heterocycles. The third-order valence-corrected chi connectivity index (χ3v) is 6.14. The lowest BCUT2D eigenvalue weighted by molar-refractivity contribution is -0.134. The molecule has 2 heterocycles. The van der Waals surface area contributed by atoms with Crippen LogP contribution in [0.5, 0.6) is 0 Å². The van der Waals surface area contributed by atoms with Gasteiger partial charge in [0.15, 0.2) is 0 Å². The van der Waals surface area contributed by atoms with Gasteiger partial charge in [-0.3, -0.25) is 9.59 Å². The summed E-state index contributed by atoms with van der Waals surface area (Å²) in [5.41, 5.74) is 2.22. The van der Waals surface area contributed by atoms with E-state index in [0.29, 0.717) is 36.4 Å². The van der Waals surface area contributed by atoms with Gasteiger partial charge in [0, 0.05) is 24.2 Å². The SMILES string of the molecule is Cc1[nH]c(=O)c(C#N)c(C)c1CCC(=O)N1[C@H](C)C[C@H]2CCCC[C@@H]21. The third-order valence-electron chi connectivity index (χ3n) is 6.14. The normalized spacial score (nSPS) is 25.5. The summed E-state index contributed by atoms with van der Waals surface area (Å²) >= 11 is 0. The van der Waals surface area contributed by atoms with Crippen LogP contribution < -0.4 is 5.56 Å². The standard InChI is InChI=1S/C20H27N3O2/c1-12-10-15-6-4-5-7-18(15)23(12)19(24)9-8-16-13(2)17(11-21)20(25)22-14(16)3/h12,15,18H,4-10H2,1-3H3,(H,22,25)/t12-,15-,18+/m1/s1. The van der Waals surface area contributed by atoms with Crippen molar-refractivity contribution in [1.29, 1.82) is 5.26 Å². The summed E-state index contributed by atoms with van der Waals surface area (Å²) in [7, 11) is 0. The zero-order chi connectivity index (χ0) is 18.1. The molecule has 5 nitrogen and oxygen atoms in total. The number of aryl methyl sites for hydroxylation is 1. The van der Waals surface area contributed by atoms with Gasteiger partial charge in [0.05, 0.1) is 0 Å². The lowest BCUT2D eigenvalue weighted by atomic mass is 9.85.